The van der Waals surface area contributed by atoms with Crippen LogP contribution in [0, 0.1) is 0 Å². The average Bonchev–Trinajstić information content (AvgIpc) is 2.82. The number of ether oxygens (including phenoxy) is 1. The highest BCUT2D eigenvalue weighted by atomic mass is 16.5. The first-order valence-electron chi connectivity index (χ1n) is 5.84. The number of nitrogens with zero attached hydrogens (tertiary/aromatic N) is 1. The maximum absolute atomic E-state index is 11.6. The van der Waals surface area contributed by atoms with Crippen molar-refractivity contribution in [2.24, 2.45) is 0 Å². The Morgan fingerprint density at radius 3 is 3.05 bits per heavy atom. The summed E-state index contributed by atoms with van der Waals surface area (Å²) in [5.74, 6) is 0.490. The van der Waals surface area contributed by atoms with Crippen LogP contribution in [0.15, 0.2) is 45.8 Å². The summed E-state index contributed by atoms with van der Waals surface area (Å²) in [4.78, 5) is 18.7. The fourth-order valence-corrected chi connectivity index (χ4v) is 2.02. The smallest absolute Gasteiger partial charge is 0.251 e. The molecule has 0 amide bonds. The SMILES string of the molecule is COCc1cc(=O)[nH]c(-c2coc3ccccc23)n1. The molecule has 5 nitrogen and oxygen atoms in total. The van der Waals surface area contributed by atoms with E-state index in [1.165, 1.54) is 6.07 Å². The van der Waals surface area contributed by atoms with E-state index >= 15 is 0 Å². The van der Waals surface area contributed by atoms with Gasteiger partial charge in [-0.05, 0) is 6.07 Å². The van der Waals surface area contributed by atoms with Crippen molar-refractivity contribution in [1.82, 2.24) is 9.97 Å². The number of para-hydroxylation sites is 1. The molecular weight excluding hydrogens is 244 g/mol. The summed E-state index contributed by atoms with van der Waals surface area (Å²) in [5.41, 5.74) is 1.91. The number of aromatic nitrogens is 2. The van der Waals surface area contributed by atoms with Gasteiger partial charge in [0.25, 0.3) is 5.56 Å². The highest BCUT2D eigenvalue weighted by Gasteiger charge is 2.10. The van der Waals surface area contributed by atoms with E-state index in [0.29, 0.717) is 18.1 Å². The lowest BCUT2D eigenvalue weighted by molar-refractivity contribution is 0.181. The van der Waals surface area contributed by atoms with Crippen LogP contribution in [0.25, 0.3) is 22.4 Å². The summed E-state index contributed by atoms with van der Waals surface area (Å²) in [6, 6.07) is 9.04. The Hall–Kier alpha value is -2.40. The van der Waals surface area contributed by atoms with Gasteiger partial charge in [0.1, 0.15) is 17.7 Å². The van der Waals surface area contributed by atoms with E-state index in [9.17, 15) is 4.79 Å². The van der Waals surface area contributed by atoms with E-state index < -0.39 is 0 Å². The molecule has 3 aromatic rings. The number of aromatic amines is 1. The number of furan rings is 1. The molecule has 96 valence electrons. The van der Waals surface area contributed by atoms with Crippen LogP contribution in [0.5, 0.6) is 0 Å². The fourth-order valence-electron chi connectivity index (χ4n) is 2.02. The Morgan fingerprint density at radius 2 is 2.21 bits per heavy atom. The normalized spacial score (nSPS) is 11.0. The van der Waals surface area contributed by atoms with E-state index in [0.717, 1.165) is 16.5 Å². The highest BCUT2D eigenvalue weighted by molar-refractivity contribution is 5.91. The highest BCUT2D eigenvalue weighted by Crippen LogP contribution is 2.27. The van der Waals surface area contributed by atoms with E-state index in [1.54, 1.807) is 13.4 Å². The third kappa shape index (κ3) is 2.15. The number of methoxy groups -OCH3 is 1. The molecule has 1 aromatic carbocycles. The molecule has 0 unspecified atom stereocenters. The van der Waals surface area contributed by atoms with E-state index in [4.69, 9.17) is 9.15 Å². The van der Waals surface area contributed by atoms with Crippen molar-refractivity contribution >= 4 is 11.0 Å². The van der Waals surface area contributed by atoms with Crippen LogP contribution in [0.1, 0.15) is 5.69 Å². The largest absolute Gasteiger partial charge is 0.464 e. The Morgan fingerprint density at radius 1 is 1.37 bits per heavy atom. The maximum atomic E-state index is 11.6. The van der Waals surface area contributed by atoms with E-state index in [-0.39, 0.29) is 5.56 Å². The molecule has 2 aromatic heterocycles. The summed E-state index contributed by atoms with van der Waals surface area (Å²) in [7, 11) is 1.57. The van der Waals surface area contributed by atoms with Gasteiger partial charge in [0.05, 0.1) is 17.9 Å². The van der Waals surface area contributed by atoms with Gasteiger partial charge >= 0.3 is 0 Å². The summed E-state index contributed by atoms with van der Waals surface area (Å²) >= 11 is 0. The molecule has 0 fully saturated rings. The monoisotopic (exact) mass is 256 g/mol. The number of hydrogen-bond acceptors (Lipinski definition) is 4. The number of benzene rings is 1. The zero-order valence-corrected chi connectivity index (χ0v) is 10.3. The van der Waals surface area contributed by atoms with Crippen LogP contribution in [0.3, 0.4) is 0 Å². The molecule has 0 saturated carbocycles. The van der Waals surface area contributed by atoms with Gasteiger partial charge in [-0.3, -0.25) is 4.79 Å². The zero-order chi connectivity index (χ0) is 13.2. The Labute approximate surface area is 108 Å². The van der Waals surface area contributed by atoms with E-state index in [2.05, 4.69) is 9.97 Å². The number of fused-ring (bicyclic) bond motifs is 1. The molecule has 19 heavy (non-hydrogen) atoms. The van der Waals surface area contributed by atoms with Gasteiger partial charge in [-0.2, -0.15) is 0 Å². The molecule has 0 radical (unpaired) electrons. The minimum absolute atomic E-state index is 0.206. The predicted octanol–water partition coefficient (Wildman–Crippen LogP) is 2.33. The van der Waals surface area contributed by atoms with Crippen molar-refractivity contribution in [2.45, 2.75) is 6.61 Å². The lowest BCUT2D eigenvalue weighted by Gasteiger charge is -2.02. The first-order valence-corrected chi connectivity index (χ1v) is 5.84. The van der Waals surface area contributed by atoms with Crippen LogP contribution < -0.4 is 5.56 Å². The topological polar surface area (TPSA) is 68.1 Å². The molecular formula is C14H12N2O3. The molecule has 0 aliphatic heterocycles. The molecule has 0 spiro atoms. The number of nitrogens with one attached hydrogen (secondary N) is 1. The van der Waals surface area contributed by atoms with Crippen LogP contribution in [-0.4, -0.2) is 17.1 Å². The predicted molar refractivity (Wildman–Crippen MR) is 70.8 cm³/mol. The van der Waals surface area contributed by atoms with Crippen molar-refractivity contribution in [3.05, 3.63) is 52.6 Å². The number of H-pyrrole nitrogens is 1. The Balaban J connectivity index is 2.18. The van der Waals surface area contributed by atoms with Gasteiger partial charge in [0, 0.05) is 18.6 Å². The van der Waals surface area contributed by atoms with Crippen molar-refractivity contribution in [3.63, 3.8) is 0 Å². The van der Waals surface area contributed by atoms with Crippen LogP contribution in [0.4, 0.5) is 0 Å². The van der Waals surface area contributed by atoms with Crippen molar-refractivity contribution in [2.75, 3.05) is 7.11 Å². The Kier molecular flexibility index (Phi) is 2.89. The van der Waals surface area contributed by atoms with Crippen molar-refractivity contribution < 1.29 is 9.15 Å². The van der Waals surface area contributed by atoms with Gasteiger partial charge < -0.3 is 14.1 Å². The van der Waals surface area contributed by atoms with E-state index in [1.807, 2.05) is 24.3 Å². The molecule has 5 heteroatoms. The van der Waals surface area contributed by atoms with Crippen LogP contribution in [-0.2, 0) is 11.3 Å². The molecule has 0 saturated heterocycles. The average molecular weight is 256 g/mol. The molecule has 0 bridgehead atoms. The minimum atomic E-state index is -0.206. The third-order valence-corrected chi connectivity index (χ3v) is 2.82. The number of hydrogen-bond donors (Lipinski definition) is 1. The second-order valence-electron chi connectivity index (χ2n) is 4.16. The van der Waals surface area contributed by atoms with Crippen molar-refractivity contribution in [3.8, 4) is 11.4 Å². The minimum Gasteiger partial charge on any atom is -0.464 e. The molecule has 3 rings (SSSR count). The summed E-state index contributed by atoms with van der Waals surface area (Å²) in [5, 5.41) is 0.917. The molecule has 2 heterocycles. The lowest BCUT2D eigenvalue weighted by Crippen LogP contribution is -2.10. The number of rotatable bonds is 3. The van der Waals surface area contributed by atoms with Crippen molar-refractivity contribution in [1.29, 1.82) is 0 Å². The van der Waals surface area contributed by atoms with Gasteiger partial charge in [-0.1, -0.05) is 18.2 Å². The first-order chi connectivity index (χ1) is 9.28. The molecule has 0 aliphatic carbocycles. The molecule has 0 aliphatic rings. The summed E-state index contributed by atoms with van der Waals surface area (Å²) in [6.07, 6.45) is 1.60. The van der Waals surface area contributed by atoms with Gasteiger partial charge in [-0.25, -0.2) is 4.98 Å². The van der Waals surface area contributed by atoms with Gasteiger partial charge in [0.15, 0.2) is 0 Å². The summed E-state index contributed by atoms with van der Waals surface area (Å²) in [6.45, 7) is 0.298. The maximum Gasteiger partial charge on any atom is 0.251 e. The second kappa shape index (κ2) is 4.70. The zero-order valence-electron chi connectivity index (χ0n) is 10.3. The fraction of sp³-hybridized carbons (Fsp3) is 0.143. The van der Waals surface area contributed by atoms with Crippen LogP contribution in [0.2, 0.25) is 0 Å². The molecule has 1 N–H and O–H groups in total. The Bertz CT molecular complexity index is 773. The first kappa shape index (κ1) is 11.7. The second-order valence-corrected chi connectivity index (χ2v) is 4.16. The quantitative estimate of drug-likeness (QED) is 0.780. The standard InChI is InChI=1S/C14H12N2O3/c1-18-7-9-6-13(17)16-14(15-9)11-8-19-12-5-3-2-4-10(11)12/h2-6,8H,7H2,1H3,(H,15,16,17). The van der Waals surface area contributed by atoms with Crippen LogP contribution >= 0.6 is 0 Å². The molecule has 0 atom stereocenters. The van der Waals surface area contributed by atoms with Gasteiger partial charge in [0.2, 0.25) is 0 Å². The lowest BCUT2D eigenvalue weighted by atomic mass is 10.1. The third-order valence-electron chi connectivity index (χ3n) is 2.82. The summed E-state index contributed by atoms with van der Waals surface area (Å²) < 4.78 is 10.5. The van der Waals surface area contributed by atoms with Gasteiger partial charge in [-0.15, -0.1) is 0 Å².